The van der Waals surface area contributed by atoms with Crippen molar-refractivity contribution in [3.05, 3.63) is 35.4 Å². The molecular weight excluding hydrogens is 258 g/mol. The van der Waals surface area contributed by atoms with Gasteiger partial charge < -0.3 is 10.2 Å². The molecule has 2 nitrogen and oxygen atoms in total. The van der Waals surface area contributed by atoms with Crippen molar-refractivity contribution in [2.24, 2.45) is 0 Å². The maximum atomic E-state index is 13.1. The number of benzene rings is 1. The number of halogens is 2. The lowest BCUT2D eigenvalue weighted by atomic mass is 10.1. The van der Waals surface area contributed by atoms with E-state index < -0.39 is 11.6 Å². The molecular formula is C16H24F2N2. The number of likely N-dealkylation sites (tertiary alicyclic amines) is 1. The minimum absolute atomic E-state index is 0.0263. The fourth-order valence-corrected chi connectivity index (χ4v) is 2.75. The van der Waals surface area contributed by atoms with Crippen molar-refractivity contribution in [1.82, 2.24) is 10.2 Å². The summed E-state index contributed by atoms with van der Waals surface area (Å²) in [5.74, 6) is -1.02. The van der Waals surface area contributed by atoms with Crippen molar-refractivity contribution >= 4 is 0 Å². The molecule has 1 N–H and O–H groups in total. The molecule has 2 rings (SSSR count). The molecule has 0 spiro atoms. The normalized spacial score (nSPS) is 18.1. The van der Waals surface area contributed by atoms with Crippen LogP contribution in [0.4, 0.5) is 8.78 Å². The summed E-state index contributed by atoms with van der Waals surface area (Å²) in [7, 11) is 0. The largest absolute Gasteiger partial charge is 0.310 e. The van der Waals surface area contributed by atoms with E-state index in [1.54, 1.807) is 0 Å². The highest BCUT2D eigenvalue weighted by atomic mass is 19.1. The van der Waals surface area contributed by atoms with Gasteiger partial charge in [-0.2, -0.15) is 0 Å². The molecule has 1 saturated heterocycles. The van der Waals surface area contributed by atoms with E-state index >= 15 is 0 Å². The summed E-state index contributed by atoms with van der Waals surface area (Å²) < 4.78 is 26.3. The van der Waals surface area contributed by atoms with Gasteiger partial charge in [-0.05, 0) is 70.1 Å². The summed E-state index contributed by atoms with van der Waals surface area (Å²) in [6.07, 6.45) is 5.05. The fraction of sp³-hybridized carbons (Fsp3) is 0.625. The lowest BCUT2D eigenvalue weighted by Gasteiger charge is -2.26. The summed E-state index contributed by atoms with van der Waals surface area (Å²) >= 11 is 0. The topological polar surface area (TPSA) is 15.3 Å². The van der Waals surface area contributed by atoms with Crippen molar-refractivity contribution in [3.63, 3.8) is 0 Å². The van der Waals surface area contributed by atoms with Gasteiger partial charge in [0.2, 0.25) is 0 Å². The van der Waals surface area contributed by atoms with Crippen molar-refractivity contribution in [3.8, 4) is 0 Å². The highest BCUT2D eigenvalue weighted by Crippen LogP contribution is 2.16. The lowest BCUT2D eigenvalue weighted by molar-refractivity contribution is 0.225. The summed E-state index contributed by atoms with van der Waals surface area (Å²) in [6.45, 7) is 6.34. The average Bonchev–Trinajstić information content (AvgIpc) is 2.43. The van der Waals surface area contributed by atoms with Crippen LogP contribution in [0.25, 0.3) is 0 Å². The van der Waals surface area contributed by atoms with Crippen molar-refractivity contribution in [1.29, 1.82) is 0 Å². The van der Waals surface area contributed by atoms with Crippen LogP contribution in [0.1, 0.15) is 44.2 Å². The summed E-state index contributed by atoms with van der Waals surface area (Å²) in [4.78, 5) is 2.50. The molecule has 1 aromatic carbocycles. The number of nitrogens with zero attached hydrogens (tertiary/aromatic N) is 1. The van der Waals surface area contributed by atoms with E-state index in [1.165, 1.54) is 44.5 Å². The van der Waals surface area contributed by atoms with Gasteiger partial charge in [0.15, 0.2) is 0 Å². The molecule has 1 heterocycles. The third-order valence-electron chi connectivity index (χ3n) is 3.94. The molecule has 1 aliphatic heterocycles. The standard InChI is InChI=1S/C16H24F2N2/c1-13(14-10-15(17)12-16(18)11-14)19-6-5-9-20-7-3-2-4-8-20/h10-13,19H,2-9H2,1H3. The van der Waals surface area contributed by atoms with Gasteiger partial charge in [0.25, 0.3) is 0 Å². The predicted octanol–water partition coefficient (Wildman–Crippen LogP) is 3.49. The summed E-state index contributed by atoms with van der Waals surface area (Å²) in [5.41, 5.74) is 0.667. The van der Waals surface area contributed by atoms with Crippen LogP contribution in [0.5, 0.6) is 0 Å². The molecule has 1 aromatic rings. The van der Waals surface area contributed by atoms with Crippen molar-refractivity contribution in [2.75, 3.05) is 26.2 Å². The zero-order valence-electron chi connectivity index (χ0n) is 12.2. The molecule has 1 atom stereocenters. The molecule has 0 aliphatic carbocycles. The van der Waals surface area contributed by atoms with Gasteiger partial charge in [0, 0.05) is 12.1 Å². The van der Waals surface area contributed by atoms with Gasteiger partial charge in [-0.3, -0.25) is 0 Å². The number of hydrogen-bond donors (Lipinski definition) is 1. The Hall–Kier alpha value is -1.00. The molecule has 0 amide bonds. The van der Waals surface area contributed by atoms with Crippen LogP contribution in [0, 0.1) is 11.6 Å². The molecule has 4 heteroatoms. The van der Waals surface area contributed by atoms with Crippen LogP contribution in [-0.4, -0.2) is 31.1 Å². The summed E-state index contributed by atoms with van der Waals surface area (Å²) in [6, 6.07) is 3.67. The first-order valence-electron chi connectivity index (χ1n) is 7.57. The number of nitrogens with one attached hydrogen (secondary N) is 1. The maximum absolute atomic E-state index is 13.1. The van der Waals surface area contributed by atoms with Gasteiger partial charge in [0.05, 0.1) is 0 Å². The first-order valence-corrected chi connectivity index (χ1v) is 7.57. The highest BCUT2D eigenvalue weighted by Gasteiger charge is 2.10. The van der Waals surface area contributed by atoms with Crippen LogP contribution in [0.3, 0.4) is 0 Å². The van der Waals surface area contributed by atoms with Gasteiger partial charge >= 0.3 is 0 Å². The lowest BCUT2D eigenvalue weighted by Crippen LogP contribution is -2.32. The Morgan fingerprint density at radius 1 is 1.10 bits per heavy atom. The molecule has 20 heavy (non-hydrogen) atoms. The Morgan fingerprint density at radius 2 is 1.75 bits per heavy atom. The first kappa shape index (κ1) is 15.4. The highest BCUT2D eigenvalue weighted by molar-refractivity contribution is 5.20. The van der Waals surface area contributed by atoms with E-state index in [0.717, 1.165) is 25.6 Å². The molecule has 1 unspecified atom stereocenters. The minimum atomic E-state index is -0.512. The van der Waals surface area contributed by atoms with E-state index in [1.807, 2.05) is 6.92 Å². The van der Waals surface area contributed by atoms with E-state index in [4.69, 9.17) is 0 Å². The Bertz CT molecular complexity index is 397. The van der Waals surface area contributed by atoms with E-state index in [2.05, 4.69) is 10.2 Å². The number of piperidine rings is 1. The van der Waals surface area contributed by atoms with E-state index in [-0.39, 0.29) is 6.04 Å². The van der Waals surface area contributed by atoms with E-state index in [0.29, 0.717) is 5.56 Å². The third kappa shape index (κ3) is 4.84. The van der Waals surface area contributed by atoms with Crippen LogP contribution in [0.2, 0.25) is 0 Å². The number of rotatable bonds is 6. The molecule has 0 radical (unpaired) electrons. The van der Waals surface area contributed by atoms with Crippen molar-refractivity contribution < 1.29 is 8.78 Å². The Balaban J connectivity index is 1.70. The van der Waals surface area contributed by atoms with Gasteiger partial charge in [-0.25, -0.2) is 8.78 Å². The third-order valence-corrected chi connectivity index (χ3v) is 3.94. The Labute approximate surface area is 120 Å². The minimum Gasteiger partial charge on any atom is -0.310 e. The molecule has 0 bridgehead atoms. The second-order valence-electron chi connectivity index (χ2n) is 5.63. The van der Waals surface area contributed by atoms with Crippen LogP contribution < -0.4 is 5.32 Å². The van der Waals surface area contributed by atoms with Crippen molar-refractivity contribution in [2.45, 2.75) is 38.6 Å². The zero-order chi connectivity index (χ0) is 14.4. The van der Waals surface area contributed by atoms with Gasteiger partial charge in [-0.1, -0.05) is 6.42 Å². The molecule has 1 fully saturated rings. The van der Waals surface area contributed by atoms with Gasteiger partial charge in [0.1, 0.15) is 11.6 Å². The van der Waals surface area contributed by atoms with Gasteiger partial charge in [-0.15, -0.1) is 0 Å². The maximum Gasteiger partial charge on any atom is 0.126 e. The second kappa shape index (κ2) is 7.70. The first-order chi connectivity index (χ1) is 9.65. The summed E-state index contributed by atoms with van der Waals surface area (Å²) in [5, 5.41) is 3.33. The van der Waals surface area contributed by atoms with Crippen LogP contribution in [0.15, 0.2) is 18.2 Å². The Kier molecular flexibility index (Phi) is 5.92. The van der Waals surface area contributed by atoms with Crippen LogP contribution >= 0.6 is 0 Å². The number of hydrogen-bond acceptors (Lipinski definition) is 2. The van der Waals surface area contributed by atoms with Crippen LogP contribution in [-0.2, 0) is 0 Å². The SMILES string of the molecule is CC(NCCCN1CCCCC1)c1cc(F)cc(F)c1. The molecule has 1 aliphatic rings. The quantitative estimate of drug-likeness (QED) is 0.803. The smallest absolute Gasteiger partial charge is 0.126 e. The Morgan fingerprint density at radius 3 is 2.40 bits per heavy atom. The average molecular weight is 282 g/mol. The molecule has 0 aromatic heterocycles. The zero-order valence-corrected chi connectivity index (χ0v) is 12.2. The molecule has 0 saturated carbocycles. The monoisotopic (exact) mass is 282 g/mol. The van der Waals surface area contributed by atoms with E-state index in [9.17, 15) is 8.78 Å². The molecule has 112 valence electrons. The second-order valence-corrected chi connectivity index (χ2v) is 5.63. The predicted molar refractivity (Wildman–Crippen MR) is 77.7 cm³/mol. The fourth-order valence-electron chi connectivity index (χ4n) is 2.75.